The van der Waals surface area contributed by atoms with Crippen molar-refractivity contribution in [1.82, 2.24) is 15.0 Å². The number of benzene rings is 2. The van der Waals surface area contributed by atoms with E-state index in [-0.39, 0.29) is 0 Å². The minimum Gasteiger partial charge on any atom is -0.337 e. The molecule has 2 aromatic carbocycles. The number of imidazole rings is 1. The molecule has 0 amide bonds. The number of fused-ring (bicyclic) bond motifs is 1. The van der Waals surface area contributed by atoms with Crippen LogP contribution in [0.25, 0.3) is 22.3 Å². The van der Waals surface area contributed by atoms with Gasteiger partial charge in [0.2, 0.25) is 5.13 Å². The van der Waals surface area contributed by atoms with Gasteiger partial charge in [-0.05, 0) is 25.1 Å². The van der Waals surface area contributed by atoms with Crippen molar-refractivity contribution < 1.29 is 0 Å². The zero-order valence-corrected chi connectivity index (χ0v) is 14.9. The molecule has 0 saturated heterocycles. The van der Waals surface area contributed by atoms with Crippen LogP contribution >= 0.6 is 22.9 Å². The van der Waals surface area contributed by atoms with Gasteiger partial charge >= 0.3 is 0 Å². The molecule has 0 fully saturated rings. The number of H-pyrrole nitrogens is 1. The van der Waals surface area contributed by atoms with Crippen LogP contribution < -0.4 is 5.43 Å². The molecule has 5 nitrogen and oxygen atoms in total. The minimum absolute atomic E-state index is 0.673. The summed E-state index contributed by atoms with van der Waals surface area (Å²) in [6, 6.07) is 15.6. The van der Waals surface area contributed by atoms with E-state index < -0.39 is 0 Å². The molecule has 0 aliphatic rings. The molecule has 4 aromatic rings. The molecule has 0 aliphatic heterocycles. The van der Waals surface area contributed by atoms with Crippen LogP contribution in [-0.2, 0) is 0 Å². The van der Waals surface area contributed by atoms with Crippen molar-refractivity contribution in [3.8, 4) is 11.3 Å². The first-order chi connectivity index (χ1) is 12.2. The maximum atomic E-state index is 6.00. The van der Waals surface area contributed by atoms with Gasteiger partial charge in [-0.3, -0.25) is 5.43 Å². The predicted octanol–water partition coefficient (Wildman–Crippen LogP) is 5.18. The van der Waals surface area contributed by atoms with Crippen molar-refractivity contribution in [2.75, 3.05) is 5.43 Å². The van der Waals surface area contributed by atoms with Gasteiger partial charge in [0, 0.05) is 16.0 Å². The molecule has 7 heteroatoms. The summed E-state index contributed by atoms with van der Waals surface area (Å²) >= 11 is 7.52. The van der Waals surface area contributed by atoms with Crippen molar-refractivity contribution in [1.29, 1.82) is 0 Å². The van der Waals surface area contributed by atoms with Crippen molar-refractivity contribution in [3.63, 3.8) is 0 Å². The zero-order chi connectivity index (χ0) is 17.2. The fourth-order valence-corrected chi connectivity index (χ4v) is 3.24. The highest BCUT2D eigenvalue weighted by Crippen LogP contribution is 2.24. The topological polar surface area (TPSA) is 66.0 Å². The van der Waals surface area contributed by atoms with Crippen LogP contribution in [0.5, 0.6) is 0 Å². The monoisotopic (exact) mass is 367 g/mol. The molecule has 0 radical (unpaired) electrons. The van der Waals surface area contributed by atoms with E-state index in [9.17, 15) is 0 Å². The summed E-state index contributed by atoms with van der Waals surface area (Å²) in [4.78, 5) is 12.3. The number of halogens is 1. The van der Waals surface area contributed by atoms with Gasteiger partial charge in [-0.2, -0.15) is 5.10 Å². The Morgan fingerprint density at radius 2 is 2.00 bits per heavy atom. The molecule has 0 unspecified atom stereocenters. The van der Waals surface area contributed by atoms with Gasteiger partial charge in [0.15, 0.2) is 5.82 Å². The molecule has 0 spiro atoms. The fourth-order valence-electron chi connectivity index (χ4n) is 2.40. The Balaban J connectivity index is 1.53. The average molecular weight is 368 g/mol. The minimum atomic E-state index is 0.673. The highest BCUT2D eigenvalue weighted by Gasteiger charge is 2.07. The normalized spacial score (nSPS) is 11.8. The second kappa shape index (κ2) is 6.66. The molecule has 0 saturated carbocycles. The van der Waals surface area contributed by atoms with Crippen LogP contribution in [0.2, 0.25) is 5.02 Å². The Morgan fingerprint density at radius 3 is 2.84 bits per heavy atom. The van der Waals surface area contributed by atoms with Gasteiger partial charge in [-0.15, -0.1) is 11.3 Å². The van der Waals surface area contributed by atoms with Crippen molar-refractivity contribution in [2.45, 2.75) is 6.92 Å². The van der Waals surface area contributed by atoms with Gasteiger partial charge in [-0.1, -0.05) is 41.9 Å². The van der Waals surface area contributed by atoms with Gasteiger partial charge in [0.05, 0.1) is 16.7 Å². The van der Waals surface area contributed by atoms with E-state index in [2.05, 4.69) is 25.5 Å². The Morgan fingerprint density at radius 1 is 1.16 bits per heavy atom. The highest BCUT2D eigenvalue weighted by atomic mass is 35.5. The first kappa shape index (κ1) is 15.8. The maximum absolute atomic E-state index is 6.00. The molecule has 2 N–H and O–H groups in total. The first-order valence-corrected chi connectivity index (χ1v) is 8.92. The fraction of sp³-hybridized carbons (Fsp3) is 0.0556. The number of anilines is 1. The Hall–Kier alpha value is -2.70. The summed E-state index contributed by atoms with van der Waals surface area (Å²) in [5.74, 6) is 0.699. The number of aromatic amines is 1. The lowest BCUT2D eigenvalue weighted by Crippen LogP contribution is -2.01. The zero-order valence-electron chi connectivity index (χ0n) is 13.3. The standard InChI is InChI=1S/C18H14ClN5S/c1-11(17-20-14-8-7-13(19)9-15(14)21-17)23-24-18-22-16(10-25-18)12-5-3-2-4-6-12/h2-10H,1H3,(H,20,21)(H,22,24)/b23-11+. The number of hydrazone groups is 1. The summed E-state index contributed by atoms with van der Waals surface area (Å²) in [6.45, 7) is 1.89. The lowest BCUT2D eigenvalue weighted by atomic mass is 10.2. The molecule has 25 heavy (non-hydrogen) atoms. The lowest BCUT2D eigenvalue weighted by Gasteiger charge is -1.97. The summed E-state index contributed by atoms with van der Waals surface area (Å²) in [7, 11) is 0. The van der Waals surface area contributed by atoms with Crippen LogP contribution in [0.3, 0.4) is 0 Å². The number of hydrogen-bond acceptors (Lipinski definition) is 5. The SMILES string of the molecule is C/C(=N\Nc1nc(-c2ccccc2)cs1)c1nc2ccc(Cl)cc2[nH]1. The summed E-state index contributed by atoms with van der Waals surface area (Å²) in [5.41, 5.74) is 7.50. The van der Waals surface area contributed by atoms with Crippen molar-refractivity contribution in [2.24, 2.45) is 5.10 Å². The Labute approximate surface area is 153 Å². The summed E-state index contributed by atoms with van der Waals surface area (Å²) in [6.07, 6.45) is 0. The molecule has 124 valence electrons. The van der Waals surface area contributed by atoms with Crippen molar-refractivity contribution in [3.05, 3.63) is 64.8 Å². The van der Waals surface area contributed by atoms with Crippen LogP contribution in [0.1, 0.15) is 12.7 Å². The Kier molecular flexibility index (Phi) is 4.21. The molecule has 2 aromatic heterocycles. The maximum Gasteiger partial charge on any atom is 0.203 e. The van der Waals surface area contributed by atoms with E-state index in [0.717, 1.165) is 33.1 Å². The third kappa shape index (κ3) is 3.40. The number of nitrogens with zero attached hydrogens (tertiary/aromatic N) is 3. The Bertz CT molecular complexity index is 1050. The van der Waals surface area contributed by atoms with Crippen molar-refractivity contribution >= 4 is 44.8 Å². The number of aromatic nitrogens is 3. The van der Waals surface area contributed by atoms with E-state index in [1.54, 1.807) is 0 Å². The summed E-state index contributed by atoms with van der Waals surface area (Å²) in [5, 5.41) is 7.79. The quantitative estimate of drug-likeness (QED) is 0.386. The predicted molar refractivity (Wildman–Crippen MR) is 104 cm³/mol. The summed E-state index contributed by atoms with van der Waals surface area (Å²) < 4.78 is 0. The van der Waals surface area contributed by atoms with E-state index in [0.29, 0.717) is 10.8 Å². The van der Waals surface area contributed by atoms with Crippen LogP contribution in [0.15, 0.2) is 59.0 Å². The molecule has 2 heterocycles. The van der Waals surface area contributed by atoms with E-state index in [4.69, 9.17) is 11.6 Å². The smallest absolute Gasteiger partial charge is 0.203 e. The van der Waals surface area contributed by atoms with Gasteiger partial charge in [0.25, 0.3) is 0 Å². The van der Waals surface area contributed by atoms with Gasteiger partial charge in [-0.25, -0.2) is 9.97 Å². The van der Waals surface area contributed by atoms with Crippen LogP contribution in [0.4, 0.5) is 5.13 Å². The third-order valence-corrected chi connectivity index (χ3v) is 4.66. The average Bonchev–Trinajstić information content (AvgIpc) is 3.27. The van der Waals surface area contributed by atoms with E-state index in [1.807, 2.05) is 60.8 Å². The molecular weight excluding hydrogens is 354 g/mol. The number of nitrogens with one attached hydrogen (secondary N) is 2. The molecule has 0 bridgehead atoms. The largest absolute Gasteiger partial charge is 0.337 e. The van der Waals surface area contributed by atoms with Gasteiger partial charge in [0.1, 0.15) is 5.71 Å². The number of hydrogen-bond donors (Lipinski definition) is 2. The van der Waals surface area contributed by atoms with Crippen LogP contribution in [-0.4, -0.2) is 20.7 Å². The first-order valence-electron chi connectivity index (χ1n) is 7.66. The second-order valence-corrected chi connectivity index (χ2v) is 6.75. The number of thiazole rings is 1. The van der Waals surface area contributed by atoms with Crippen LogP contribution in [0, 0.1) is 0 Å². The molecule has 4 rings (SSSR count). The third-order valence-electron chi connectivity index (χ3n) is 3.68. The highest BCUT2D eigenvalue weighted by molar-refractivity contribution is 7.14. The van der Waals surface area contributed by atoms with E-state index >= 15 is 0 Å². The molecule has 0 atom stereocenters. The number of rotatable bonds is 4. The van der Waals surface area contributed by atoms with Gasteiger partial charge < -0.3 is 4.98 Å². The lowest BCUT2D eigenvalue weighted by molar-refractivity contribution is 1.22. The molecular formula is C18H14ClN5S. The second-order valence-electron chi connectivity index (χ2n) is 5.46. The molecule has 0 aliphatic carbocycles. The van der Waals surface area contributed by atoms with E-state index in [1.165, 1.54) is 11.3 Å².